The Balaban J connectivity index is 2.85. The van der Waals surface area contributed by atoms with Crippen molar-refractivity contribution >= 4 is 22.0 Å². The van der Waals surface area contributed by atoms with Gasteiger partial charge >= 0.3 is 0 Å². The maximum absolute atomic E-state index is 13.2. The van der Waals surface area contributed by atoms with E-state index in [0.29, 0.717) is 5.56 Å². The van der Waals surface area contributed by atoms with Crippen LogP contribution in [0.15, 0.2) is 28.7 Å². The van der Waals surface area contributed by atoms with Gasteiger partial charge in [-0.15, -0.1) is 0 Å². The van der Waals surface area contributed by atoms with Gasteiger partial charge in [-0.25, -0.2) is 4.39 Å². The van der Waals surface area contributed by atoms with Gasteiger partial charge in [-0.2, -0.15) is 0 Å². The lowest BCUT2D eigenvalue weighted by Crippen LogP contribution is -2.17. The Morgan fingerprint density at radius 3 is 2.86 bits per heavy atom. The van der Waals surface area contributed by atoms with Crippen LogP contribution in [0.4, 0.5) is 4.39 Å². The normalized spacial score (nSPS) is 13.4. The van der Waals surface area contributed by atoms with Crippen molar-refractivity contribution < 1.29 is 4.39 Å². The summed E-state index contributed by atoms with van der Waals surface area (Å²) in [5.74, 6) is -0.201. The standard InChI is InChI=1S/C11H13BrFN/c1-8(14-2)3-4-9-7-10(12)5-6-11(9)13/h3-8,14H,1-2H3/b4-3+. The van der Waals surface area contributed by atoms with Gasteiger partial charge in [0.15, 0.2) is 0 Å². The van der Waals surface area contributed by atoms with Crippen LogP contribution in [0.1, 0.15) is 12.5 Å². The third kappa shape index (κ3) is 3.24. The number of hydrogen-bond acceptors (Lipinski definition) is 1. The van der Waals surface area contributed by atoms with Crippen molar-refractivity contribution in [1.82, 2.24) is 5.32 Å². The maximum atomic E-state index is 13.2. The average Bonchev–Trinajstić information content (AvgIpc) is 2.19. The Kier molecular flexibility index (Phi) is 4.29. The van der Waals surface area contributed by atoms with Gasteiger partial charge in [0.1, 0.15) is 5.82 Å². The second-order valence-electron chi connectivity index (χ2n) is 3.10. The minimum absolute atomic E-state index is 0.201. The summed E-state index contributed by atoms with van der Waals surface area (Å²) in [5.41, 5.74) is 0.599. The van der Waals surface area contributed by atoms with E-state index >= 15 is 0 Å². The summed E-state index contributed by atoms with van der Waals surface area (Å²) in [6, 6.07) is 5.14. The molecule has 1 atom stereocenters. The van der Waals surface area contributed by atoms with Gasteiger partial charge in [0.05, 0.1) is 0 Å². The van der Waals surface area contributed by atoms with E-state index in [4.69, 9.17) is 0 Å². The first-order valence-electron chi connectivity index (χ1n) is 4.44. The fraction of sp³-hybridized carbons (Fsp3) is 0.273. The number of nitrogens with one attached hydrogen (secondary N) is 1. The molecule has 0 radical (unpaired) electrons. The topological polar surface area (TPSA) is 12.0 Å². The molecule has 0 heterocycles. The monoisotopic (exact) mass is 257 g/mol. The number of halogens is 2. The highest BCUT2D eigenvalue weighted by molar-refractivity contribution is 9.10. The molecule has 1 rings (SSSR count). The minimum atomic E-state index is -0.201. The van der Waals surface area contributed by atoms with Crippen molar-refractivity contribution in [3.63, 3.8) is 0 Å². The molecule has 0 saturated carbocycles. The third-order valence-electron chi connectivity index (χ3n) is 1.98. The summed E-state index contributed by atoms with van der Waals surface area (Å²) >= 11 is 3.30. The largest absolute Gasteiger partial charge is 0.314 e. The second kappa shape index (κ2) is 5.27. The molecule has 1 aromatic rings. The van der Waals surface area contributed by atoms with Crippen LogP contribution < -0.4 is 5.32 Å². The Labute approximate surface area is 92.1 Å². The molecule has 0 saturated heterocycles. The number of likely N-dealkylation sites (N-methyl/N-ethyl adjacent to an activating group) is 1. The third-order valence-corrected chi connectivity index (χ3v) is 2.47. The van der Waals surface area contributed by atoms with Gasteiger partial charge in [-0.1, -0.05) is 28.1 Å². The number of rotatable bonds is 3. The van der Waals surface area contributed by atoms with Gasteiger partial charge in [0, 0.05) is 16.1 Å². The fourth-order valence-electron chi connectivity index (χ4n) is 0.987. The Bertz CT molecular complexity index is 336. The van der Waals surface area contributed by atoms with Gasteiger partial charge in [-0.3, -0.25) is 0 Å². The van der Waals surface area contributed by atoms with Crippen molar-refractivity contribution in [2.45, 2.75) is 13.0 Å². The lowest BCUT2D eigenvalue weighted by Gasteiger charge is -2.03. The van der Waals surface area contributed by atoms with Crippen LogP contribution in [0.5, 0.6) is 0 Å². The number of hydrogen-bond donors (Lipinski definition) is 1. The van der Waals surface area contributed by atoms with E-state index in [9.17, 15) is 4.39 Å². The highest BCUT2D eigenvalue weighted by atomic mass is 79.9. The summed E-state index contributed by atoms with van der Waals surface area (Å²) in [6.45, 7) is 2.01. The summed E-state index contributed by atoms with van der Waals surface area (Å²) in [7, 11) is 1.87. The van der Waals surface area contributed by atoms with Crippen molar-refractivity contribution in [3.8, 4) is 0 Å². The number of benzene rings is 1. The highest BCUT2D eigenvalue weighted by Gasteiger charge is 1.99. The van der Waals surface area contributed by atoms with Crippen molar-refractivity contribution in [3.05, 3.63) is 40.1 Å². The summed E-state index contributed by atoms with van der Waals surface area (Å²) in [5, 5.41) is 3.05. The van der Waals surface area contributed by atoms with Gasteiger partial charge in [0.25, 0.3) is 0 Å². The van der Waals surface area contributed by atoms with Crippen LogP contribution in [0.25, 0.3) is 6.08 Å². The van der Waals surface area contributed by atoms with Crippen molar-refractivity contribution in [2.75, 3.05) is 7.05 Å². The first-order chi connectivity index (χ1) is 6.63. The lowest BCUT2D eigenvalue weighted by molar-refractivity contribution is 0.624. The predicted octanol–water partition coefficient (Wildman–Crippen LogP) is 3.21. The first kappa shape index (κ1) is 11.4. The first-order valence-corrected chi connectivity index (χ1v) is 5.23. The maximum Gasteiger partial charge on any atom is 0.130 e. The van der Waals surface area contributed by atoms with Gasteiger partial charge in [-0.05, 0) is 32.2 Å². The molecule has 1 unspecified atom stereocenters. The fourth-order valence-corrected chi connectivity index (χ4v) is 1.37. The smallest absolute Gasteiger partial charge is 0.130 e. The molecule has 76 valence electrons. The van der Waals surface area contributed by atoms with Crippen molar-refractivity contribution in [2.24, 2.45) is 0 Å². The van der Waals surface area contributed by atoms with E-state index in [0.717, 1.165) is 4.47 Å². The van der Waals surface area contributed by atoms with Crippen LogP contribution in [-0.2, 0) is 0 Å². The summed E-state index contributed by atoms with van der Waals surface area (Å²) in [4.78, 5) is 0. The molecule has 3 heteroatoms. The molecule has 0 aromatic heterocycles. The second-order valence-corrected chi connectivity index (χ2v) is 4.02. The van der Waals surface area contributed by atoms with E-state index < -0.39 is 0 Å². The summed E-state index contributed by atoms with van der Waals surface area (Å²) in [6.07, 6.45) is 3.70. The highest BCUT2D eigenvalue weighted by Crippen LogP contribution is 2.16. The van der Waals surface area contributed by atoms with E-state index in [1.54, 1.807) is 18.2 Å². The SMILES string of the molecule is CNC(C)/C=C/c1cc(Br)ccc1F. The Morgan fingerprint density at radius 2 is 2.21 bits per heavy atom. The molecule has 0 fully saturated rings. The zero-order chi connectivity index (χ0) is 10.6. The molecule has 14 heavy (non-hydrogen) atoms. The molecule has 0 aliphatic heterocycles. The van der Waals surface area contributed by atoms with E-state index in [1.165, 1.54) is 6.07 Å². The molecule has 1 aromatic carbocycles. The van der Waals surface area contributed by atoms with Crippen LogP contribution >= 0.6 is 15.9 Å². The van der Waals surface area contributed by atoms with E-state index in [-0.39, 0.29) is 11.9 Å². The van der Waals surface area contributed by atoms with Gasteiger partial charge < -0.3 is 5.32 Å². The Morgan fingerprint density at radius 1 is 1.50 bits per heavy atom. The quantitative estimate of drug-likeness (QED) is 0.877. The molecular formula is C11H13BrFN. The van der Waals surface area contributed by atoms with Crippen LogP contribution in [0, 0.1) is 5.82 Å². The molecule has 0 aliphatic carbocycles. The van der Waals surface area contributed by atoms with Crippen LogP contribution in [0.3, 0.4) is 0 Å². The Hall–Kier alpha value is -0.670. The van der Waals surface area contributed by atoms with Crippen LogP contribution in [0.2, 0.25) is 0 Å². The molecule has 1 nitrogen and oxygen atoms in total. The zero-order valence-electron chi connectivity index (χ0n) is 8.22. The molecule has 0 spiro atoms. The minimum Gasteiger partial charge on any atom is -0.314 e. The molecule has 0 aliphatic rings. The lowest BCUT2D eigenvalue weighted by atomic mass is 10.1. The molecule has 0 amide bonds. The van der Waals surface area contributed by atoms with Crippen LogP contribution in [-0.4, -0.2) is 13.1 Å². The molecule has 1 N–H and O–H groups in total. The van der Waals surface area contributed by atoms with E-state index in [1.807, 2.05) is 20.0 Å². The van der Waals surface area contributed by atoms with Crippen molar-refractivity contribution in [1.29, 1.82) is 0 Å². The van der Waals surface area contributed by atoms with Gasteiger partial charge in [0.2, 0.25) is 0 Å². The zero-order valence-corrected chi connectivity index (χ0v) is 9.81. The van der Waals surface area contributed by atoms with E-state index in [2.05, 4.69) is 21.2 Å². The average molecular weight is 258 g/mol. The predicted molar refractivity (Wildman–Crippen MR) is 61.7 cm³/mol. The molecule has 0 bridgehead atoms. The molecular weight excluding hydrogens is 245 g/mol. The summed E-state index contributed by atoms with van der Waals surface area (Å²) < 4.78 is 14.1.